The third kappa shape index (κ3) is 4.74. The first-order valence-electron chi connectivity index (χ1n) is 7.00. The fourth-order valence-electron chi connectivity index (χ4n) is 2.29. The Balaban J connectivity index is 1.96. The number of halogens is 1. The Morgan fingerprint density at radius 3 is 2.48 bits per heavy atom. The molecule has 0 saturated carbocycles. The second kappa shape index (κ2) is 7.45. The van der Waals surface area contributed by atoms with Crippen molar-refractivity contribution in [3.8, 4) is 0 Å². The quantitative estimate of drug-likeness (QED) is 0.847. The van der Waals surface area contributed by atoms with E-state index in [2.05, 4.69) is 5.32 Å². The van der Waals surface area contributed by atoms with Gasteiger partial charge in [0.2, 0.25) is 11.8 Å². The summed E-state index contributed by atoms with van der Waals surface area (Å²) in [5.74, 6) is -0.0870. The number of hydrogen-bond acceptors (Lipinski definition) is 3. The average Bonchev–Trinajstić information content (AvgIpc) is 2.98. The zero-order chi connectivity index (χ0) is 15.2. The van der Waals surface area contributed by atoms with Crippen LogP contribution < -0.4 is 5.32 Å². The number of carbonyl (C=O) groups excluding carboxylic acids is 2. The van der Waals surface area contributed by atoms with Crippen LogP contribution >= 0.6 is 11.8 Å². The molecule has 1 aromatic rings. The van der Waals surface area contributed by atoms with Crippen LogP contribution in [0.5, 0.6) is 0 Å². The zero-order valence-corrected chi connectivity index (χ0v) is 12.8. The number of nitrogens with one attached hydrogen (secondary N) is 1. The Kier molecular flexibility index (Phi) is 5.61. The molecule has 2 rings (SSSR count). The molecule has 1 aromatic carbocycles. The number of amides is 2. The second-order valence-corrected chi connectivity index (χ2v) is 6.14. The highest BCUT2D eigenvalue weighted by Crippen LogP contribution is 2.20. The molecule has 0 radical (unpaired) electrons. The fourth-order valence-corrected chi connectivity index (χ4v) is 3.20. The van der Waals surface area contributed by atoms with Crippen molar-refractivity contribution in [1.82, 2.24) is 10.2 Å². The lowest BCUT2D eigenvalue weighted by atomic mass is 10.3. The van der Waals surface area contributed by atoms with Gasteiger partial charge in [0.15, 0.2) is 0 Å². The number of likely N-dealkylation sites (tertiary alicyclic amines) is 1. The summed E-state index contributed by atoms with van der Waals surface area (Å²) in [6, 6.07) is 5.59. The number of nitrogens with zero attached hydrogens (tertiary/aromatic N) is 1. The minimum absolute atomic E-state index is 0.0303. The second-order valence-electron chi connectivity index (χ2n) is 5.05. The molecule has 1 saturated heterocycles. The molecule has 0 spiro atoms. The molecule has 1 N–H and O–H groups in total. The summed E-state index contributed by atoms with van der Waals surface area (Å²) in [5, 5.41) is 2.71. The third-order valence-electron chi connectivity index (χ3n) is 3.32. The summed E-state index contributed by atoms with van der Waals surface area (Å²) in [6.07, 6.45) is 2.03. The number of thioether (sulfide) groups is 1. The summed E-state index contributed by atoms with van der Waals surface area (Å²) in [7, 11) is 0. The summed E-state index contributed by atoms with van der Waals surface area (Å²) in [5.41, 5.74) is 0. The van der Waals surface area contributed by atoms with Crippen molar-refractivity contribution in [2.45, 2.75) is 30.7 Å². The van der Waals surface area contributed by atoms with E-state index in [-0.39, 0.29) is 17.6 Å². The van der Waals surface area contributed by atoms with Crippen LogP contribution in [0.3, 0.4) is 0 Å². The maximum absolute atomic E-state index is 12.9. The molecule has 4 nitrogen and oxygen atoms in total. The van der Waals surface area contributed by atoms with Gasteiger partial charge >= 0.3 is 0 Å². The molecule has 1 heterocycles. The first-order valence-corrected chi connectivity index (χ1v) is 7.99. The van der Waals surface area contributed by atoms with Crippen LogP contribution in [-0.2, 0) is 9.59 Å². The maximum Gasteiger partial charge on any atom is 0.246 e. The van der Waals surface area contributed by atoms with Crippen LogP contribution in [0, 0.1) is 5.82 Å². The molecular formula is C15H19FN2O2S. The van der Waals surface area contributed by atoms with Crippen molar-refractivity contribution < 1.29 is 14.0 Å². The van der Waals surface area contributed by atoms with Crippen molar-refractivity contribution in [3.63, 3.8) is 0 Å². The van der Waals surface area contributed by atoms with E-state index in [1.54, 1.807) is 17.0 Å². The van der Waals surface area contributed by atoms with E-state index in [4.69, 9.17) is 0 Å². The minimum atomic E-state index is -0.532. The van der Waals surface area contributed by atoms with Gasteiger partial charge < -0.3 is 10.2 Å². The Bertz CT molecular complexity index is 501. The normalized spacial score (nSPS) is 15.8. The van der Waals surface area contributed by atoms with E-state index in [1.165, 1.54) is 30.8 Å². The van der Waals surface area contributed by atoms with Crippen LogP contribution in [0.4, 0.5) is 4.39 Å². The Labute approximate surface area is 128 Å². The van der Waals surface area contributed by atoms with Gasteiger partial charge in [0, 0.05) is 30.7 Å². The molecule has 21 heavy (non-hydrogen) atoms. The van der Waals surface area contributed by atoms with E-state index >= 15 is 0 Å². The SMILES string of the molecule is CC(=O)NC(CSc1ccc(F)cc1)C(=O)N1CCCC1. The first kappa shape index (κ1) is 15.8. The largest absolute Gasteiger partial charge is 0.344 e. The summed E-state index contributed by atoms with van der Waals surface area (Å²) >= 11 is 1.44. The van der Waals surface area contributed by atoms with E-state index in [1.807, 2.05) is 0 Å². The molecule has 0 bridgehead atoms. The Morgan fingerprint density at radius 2 is 1.90 bits per heavy atom. The predicted molar refractivity (Wildman–Crippen MR) is 80.5 cm³/mol. The highest BCUT2D eigenvalue weighted by Gasteiger charge is 2.27. The van der Waals surface area contributed by atoms with Gasteiger partial charge in [-0.15, -0.1) is 11.8 Å². The van der Waals surface area contributed by atoms with E-state index in [0.717, 1.165) is 30.8 Å². The molecule has 0 aliphatic carbocycles. The van der Waals surface area contributed by atoms with Crippen molar-refractivity contribution in [1.29, 1.82) is 0 Å². The molecule has 1 aliphatic rings. The van der Waals surface area contributed by atoms with Gasteiger partial charge in [-0.05, 0) is 37.1 Å². The third-order valence-corrected chi connectivity index (χ3v) is 4.43. The summed E-state index contributed by atoms with van der Waals surface area (Å²) in [4.78, 5) is 26.4. The molecule has 1 aliphatic heterocycles. The summed E-state index contributed by atoms with van der Waals surface area (Å²) in [6.45, 7) is 2.93. The predicted octanol–water partition coefficient (Wildman–Crippen LogP) is 2.04. The maximum atomic E-state index is 12.9. The van der Waals surface area contributed by atoms with Gasteiger partial charge in [-0.2, -0.15) is 0 Å². The first-order chi connectivity index (χ1) is 10.1. The van der Waals surface area contributed by atoms with Crippen molar-refractivity contribution in [2.24, 2.45) is 0 Å². The standard InChI is InChI=1S/C15H19FN2O2S/c1-11(19)17-14(15(20)18-8-2-3-9-18)10-21-13-6-4-12(16)5-7-13/h4-7,14H,2-3,8-10H2,1H3,(H,17,19). The monoisotopic (exact) mass is 310 g/mol. The van der Waals surface area contributed by atoms with E-state index < -0.39 is 6.04 Å². The van der Waals surface area contributed by atoms with Crippen molar-refractivity contribution in [2.75, 3.05) is 18.8 Å². The van der Waals surface area contributed by atoms with Gasteiger partial charge in [-0.1, -0.05) is 0 Å². The molecular weight excluding hydrogens is 291 g/mol. The van der Waals surface area contributed by atoms with Crippen LogP contribution in [0.2, 0.25) is 0 Å². The van der Waals surface area contributed by atoms with Crippen LogP contribution in [-0.4, -0.2) is 41.6 Å². The molecule has 2 amide bonds. The topological polar surface area (TPSA) is 49.4 Å². The number of carbonyl (C=O) groups is 2. The Hall–Kier alpha value is -1.56. The number of benzene rings is 1. The minimum Gasteiger partial charge on any atom is -0.344 e. The van der Waals surface area contributed by atoms with Gasteiger partial charge in [0.1, 0.15) is 11.9 Å². The number of hydrogen-bond donors (Lipinski definition) is 1. The van der Waals surface area contributed by atoms with E-state index in [0.29, 0.717) is 5.75 Å². The van der Waals surface area contributed by atoms with Gasteiger partial charge in [-0.25, -0.2) is 4.39 Å². The lowest BCUT2D eigenvalue weighted by Gasteiger charge is -2.23. The highest BCUT2D eigenvalue weighted by molar-refractivity contribution is 7.99. The Morgan fingerprint density at radius 1 is 1.29 bits per heavy atom. The lowest BCUT2D eigenvalue weighted by molar-refractivity contribution is -0.134. The fraction of sp³-hybridized carbons (Fsp3) is 0.467. The highest BCUT2D eigenvalue weighted by atomic mass is 32.2. The van der Waals surface area contributed by atoms with Crippen molar-refractivity contribution in [3.05, 3.63) is 30.1 Å². The van der Waals surface area contributed by atoms with Gasteiger partial charge in [0.25, 0.3) is 0 Å². The van der Waals surface area contributed by atoms with Crippen LogP contribution in [0.1, 0.15) is 19.8 Å². The zero-order valence-electron chi connectivity index (χ0n) is 12.0. The summed E-state index contributed by atoms with van der Waals surface area (Å²) < 4.78 is 12.9. The van der Waals surface area contributed by atoms with E-state index in [9.17, 15) is 14.0 Å². The van der Waals surface area contributed by atoms with Crippen molar-refractivity contribution >= 4 is 23.6 Å². The molecule has 1 fully saturated rings. The van der Waals surface area contributed by atoms with Crippen LogP contribution in [0.15, 0.2) is 29.2 Å². The molecule has 114 valence electrons. The smallest absolute Gasteiger partial charge is 0.246 e. The number of rotatable bonds is 5. The molecule has 0 aromatic heterocycles. The van der Waals surface area contributed by atoms with Crippen LogP contribution in [0.25, 0.3) is 0 Å². The molecule has 1 atom stereocenters. The lowest BCUT2D eigenvalue weighted by Crippen LogP contribution is -2.48. The van der Waals surface area contributed by atoms with Gasteiger partial charge in [-0.3, -0.25) is 9.59 Å². The average molecular weight is 310 g/mol. The van der Waals surface area contributed by atoms with Gasteiger partial charge in [0.05, 0.1) is 0 Å². The molecule has 6 heteroatoms. The molecule has 1 unspecified atom stereocenters.